The molecule has 3 aromatic carbocycles. The minimum absolute atomic E-state index is 0.253. The maximum absolute atomic E-state index is 13.2. The maximum Gasteiger partial charge on any atom is 0.412 e. The second-order valence-corrected chi connectivity index (χ2v) is 9.90. The lowest BCUT2D eigenvalue weighted by molar-refractivity contribution is 0.121. The monoisotopic (exact) mass is 547 g/mol. The van der Waals surface area contributed by atoms with Crippen molar-refractivity contribution in [2.24, 2.45) is 0 Å². The van der Waals surface area contributed by atoms with Crippen LogP contribution in [-0.2, 0) is 4.74 Å². The quantitative estimate of drug-likeness (QED) is 0.222. The van der Waals surface area contributed by atoms with E-state index in [1.807, 2.05) is 30.3 Å². The van der Waals surface area contributed by atoms with Gasteiger partial charge in [-0.1, -0.05) is 24.3 Å². The van der Waals surface area contributed by atoms with Gasteiger partial charge in [-0.15, -0.1) is 0 Å². The molecule has 1 saturated carbocycles. The Bertz CT molecular complexity index is 1740. The summed E-state index contributed by atoms with van der Waals surface area (Å²) in [6.45, 7) is 1.72. The molecule has 0 saturated heterocycles. The minimum atomic E-state index is -0.620. The van der Waals surface area contributed by atoms with Crippen molar-refractivity contribution in [1.82, 2.24) is 14.5 Å². The molecule has 41 heavy (non-hydrogen) atoms. The first-order valence-corrected chi connectivity index (χ1v) is 13.4. The van der Waals surface area contributed by atoms with E-state index in [1.165, 1.54) is 12.1 Å². The van der Waals surface area contributed by atoms with Crippen LogP contribution in [-0.4, -0.2) is 20.6 Å². The normalized spacial score (nSPS) is 13.7. The van der Waals surface area contributed by atoms with Gasteiger partial charge in [0.15, 0.2) is 0 Å². The topological polar surface area (TPSA) is 102 Å². The van der Waals surface area contributed by atoms with Crippen LogP contribution in [0.4, 0.5) is 14.9 Å². The second kappa shape index (κ2) is 11.1. The Morgan fingerprint density at radius 2 is 1.80 bits per heavy atom. The van der Waals surface area contributed by atoms with Crippen molar-refractivity contribution >= 4 is 22.7 Å². The lowest BCUT2D eigenvalue weighted by atomic mass is 9.92. The van der Waals surface area contributed by atoms with Crippen LogP contribution in [0.2, 0.25) is 0 Å². The van der Waals surface area contributed by atoms with E-state index in [0.29, 0.717) is 22.6 Å². The summed E-state index contributed by atoms with van der Waals surface area (Å²) in [6.07, 6.45) is 5.24. The van der Waals surface area contributed by atoms with E-state index in [9.17, 15) is 14.4 Å². The van der Waals surface area contributed by atoms with E-state index in [0.717, 1.165) is 41.4 Å². The predicted molar refractivity (Wildman–Crippen MR) is 152 cm³/mol. The number of carbonyl (C=O) groups is 1. The van der Waals surface area contributed by atoms with Crippen molar-refractivity contribution in [2.45, 2.75) is 38.3 Å². The summed E-state index contributed by atoms with van der Waals surface area (Å²) in [5.74, 6) is 0.239. The number of amides is 1. The summed E-state index contributed by atoms with van der Waals surface area (Å²) < 4.78 is 26.8. The average molecular weight is 548 g/mol. The largest absolute Gasteiger partial charge is 0.441 e. The lowest BCUT2D eigenvalue weighted by Gasteiger charge is -2.30. The Balaban J connectivity index is 1.28. The van der Waals surface area contributed by atoms with Gasteiger partial charge >= 0.3 is 12.1 Å². The number of halogens is 1. The molecule has 2 heterocycles. The van der Waals surface area contributed by atoms with Gasteiger partial charge in [0.1, 0.15) is 23.7 Å². The Labute approximate surface area is 236 Å². The molecular weight excluding hydrogens is 521 g/mol. The highest BCUT2D eigenvalue weighted by Gasteiger charge is 2.28. The standard InChI is InChI=1S/C32H26FN5O3/c1-20(21-6-10-23(33)11-7-21)40-32(39)37-24-12-8-22(9-13-24)30-28(19-34)27-15-14-26(41-31-35-16-3-17-36-31)18-29(27)38(30)25-4-2-5-25/h3,6-18,20,25H,2,4-5H2,1H3,(H,37,39). The van der Waals surface area contributed by atoms with E-state index in [-0.39, 0.29) is 17.9 Å². The van der Waals surface area contributed by atoms with Gasteiger partial charge in [0, 0.05) is 35.6 Å². The minimum Gasteiger partial charge on any atom is -0.441 e. The molecule has 5 aromatic rings. The number of nitrogens with zero attached hydrogens (tertiary/aromatic N) is 4. The van der Waals surface area contributed by atoms with Crippen molar-refractivity contribution < 1.29 is 18.7 Å². The molecule has 1 aliphatic rings. The van der Waals surface area contributed by atoms with Gasteiger partial charge in [-0.05, 0) is 79.8 Å². The molecule has 204 valence electrons. The van der Waals surface area contributed by atoms with Gasteiger partial charge in [-0.3, -0.25) is 5.32 Å². The highest BCUT2D eigenvalue weighted by Crippen LogP contribution is 2.43. The highest BCUT2D eigenvalue weighted by atomic mass is 19.1. The fraction of sp³-hybridized carbons (Fsp3) is 0.188. The first-order valence-electron chi connectivity index (χ1n) is 13.4. The highest BCUT2D eigenvalue weighted by molar-refractivity contribution is 5.96. The Hall–Kier alpha value is -5.23. The number of nitriles is 1. The molecule has 9 heteroatoms. The van der Waals surface area contributed by atoms with Crippen molar-refractivity contribution in [1.29, 1.82) is 5.26 Å². The molecule has 1 atom stereocenters. The zero-order valence-electron chi connectivity index (χ0n) is 22.3. The smallest absolute Gasteiger partial charge is 0.412 e. The third kappa shape index (κ3) is 5.32. The van der Waals surface area contributed by atoms with Crippen molar-refractivity contribution in [3.05, 3.63) is 102 Å². The molecule has 0 bridgehead atoms. The van der Waals surface area contributed by atoms with Crippen molar-refractivity contribution in [2.75, 3.05) is 5.32 Å². The average Bonchev–Trinajstić information content (AvgIpc) is 3.26. The number of hydrogen-bond acceptors (Lipinski definition) is 6. The van der Waals surface area contributed by atoms with Crippen LogP contribution in [0.1, 0.15) is 49.5 Å². The van der Waals surface area contributed by atoms with Gasteiger partial charge in [0.2, 0.25) is 0 Å². The number of ether oxygens (including phenoxy) is 2. The van der Waals surface area contributed by atoms with Crippen LogP contribution in [0.15, 0.2) is 85.2 Å². The number of benzene rings is 3. The fourth-order valence-corrected chi connectivity index (χ4v) is 5.04. The Morgan fingerprint density at radius 1 is 1.07 bits per heavy atom. The number of fused-ring (bicyclic) bond motifs is 1. The third-order valence-electron chi connectivity index (χ3n) is 7.31. The van der Waals surface area contributed by atoms with Gasteiger partial charge < -0.3 is 14.0 Å². The molecule has 1 amide bonds. The number of carbonyl (C=O) groups excluding carboxylic acids is 1. The number of aromatic nitrogens is 3. The zero-order valence-corrected chi connectivity index (χ0v) is 22.3. The molecule has 0 aliphatic heterocycles. The molecule has 2 aromatic heterocycles. The molecule has 0 spiro atoms. The van der Waals surface area contributed by atoms with Gasteiger partial charge in [0.05, 0.1) is 16.8 Å². The molecule has 1 N–H and O–H groups in total. The van der Waals surface area contributed by atoms with Gasteiger partial charge in [-0.2, -0.15) is 5.26 Å². The number of hydrogen-bond donors (Lipinski definition) is 1. The summed E-state index contributed by atoms with van der Waals surface area (Å²) in [5.41, 5.74) is 4.43. The summed E-state index contributed by atoms with van der Waals surface area (Å²) in [6, 6.07) is 23.5. The molecule has 1 aliphatic carbocycles. The number of anilines is 1. The van der Waals surface area contributed by atoms with Crippen LogP contribution >= 0.6 is 0 Å². The van der Waals surface area contributed by atoms with Crippen LogP contribution in [0, 0.1) is 17.1 Å². The first kappa shape index (κ1) is 26.0. The van der Waals surface area contributed by atoms with Crippen LogP contribution < -0.4 is 10.1 Å². The predicted octanol–water partition coefficient (Wildman–Crippen LogP) is 7.94. The molecule has 8 nitrogen and oxygen atoms in total. The molecule has 1 fully saturated rings. The van der Waals surface area contributed by atoms with Crippen molar-refractivity contribution in [3.63, 3.8) is 0 Å². The number of nitrogens with one attached hydrogen (secondary N) is 1. The van der Waals surface area contributed by atoms with E-state index in [4.69, 9.17) is 9.47 Å². The van der Waals surface area contributed by atoms with Crippen LogP contribution in [0.3, 0.4) is 0 Å². The van der Waals surface area contributed by atoms with Crippen LogP contribution in [0.25, 0.3) is 22.2 Å². The second-order valence-electron chi connectivity index (χ2n) is 9.90. The summed E-state index contributed by atoms with van der Waals surface area (Å²) in [4.78, 5) is 20.8. The van der Waals surface area contributed by atoms with E-state index in [1.54, 1.807) is 49.6 Å². The summed E-state index contributed by atoms with van der Waals surface area (Å²) >= 11 is 0. The Kier molecular flexibility index (Phi) is 7.04. The number of rotatable bonds is 7. The SMILES string of the molecule is CC(OC(=O)Nc1ccc(-c2c(C#N)c3ccc(Oc4ncccn4)cc3n2C2CCC2)cc1)c1ccc(F)cc1. The van der Waals surface area contributed by atoms with Crippen LogP contribution in [0.5, 0.6) is 11.8 Å². The van der Waals surface area contributed by atoms with Gasteiger partial charge in [0.25, 0.3) is 0 Å². The van der Waals surface area contributed by atoms with E-state index >= 15 is 0 Å². The van der Waals surface area contributed by atoms with Crippen molar-refractivity contribution in [3.8, 4) is 29.1 Å². The maximum atomic E-state index is 13.2. The molecule has 1 unspecified atom stereocenters. The molecule has 0 radical (unpaired) electrons. The van der Waals surface area contributed by atoms with Gasteiger partial charge in [-0.25, -0.2) is 19.2 Å². The molecular formula is C32H26FN5O3. The zero-order chi connectivity index (χ0) is 28.3. The molecule has 6 rings (SSSR count). The first-order chi connectivity index (χ1) is 20.0. The lowest BCUT2D eigenvalue weighted by Crippen LogP contribution is -2.18. The fourth-order valence-electron chi connectivity index (χ4n) is 5.04. The third-order valence-corrected chi connectivity index (χ3v) is 7.31. The van der Waals surface area contributed by atoms with E-state index < -0.39 is 12.2 Å². The summed E-state index contributed by atoms with van der Waals surface area (Å²) in [5, 5.41) is 13.8. The summed E-state index contributed by atoms with van der Waals surface area (Å²) in [7, 11) is 0. The van der Waals surface area contributed by atoms with E-state index in [2.05, 4.69) is 25.9 Å². The Morgan fingerprint density at radius 3 is 2.46 bits per heavy atom.